The first kappa shape index (κ1) is 23.6. The number of hydrazone groups is 1. The minimum Gasteiger partial charge on any atom is -0.383 e. The Kier molecular flexibility index (Phi) is 7.48. The number of hydrogen-bond acceptors (Lipinski definition) is 8. The summed E-state index contributed by atoms with van der Waals surface area (Å²) in [5.74, 6) is 0.372. The first-order chi connectivity index (χ1) is 17.1. The van der Waals surface area contributed by atoms with Crippen molar-refractivity contribution in [2.75, 3.05) is 18.1 Å². The van der Waals surface area contributed by atoms with Crippen LogP contribution >= 0.6 is 11.8 Å². The van der Waals surface area contributed by atoms with E-state index in [1.165, 1.54) is 24.0 Å². The molecule has 0 saturated carbocycles. The maximum absolute atomic E-state index is 12.4. The lowest BCUT2D eigenvalue weighted by atomic mass is 10.2. The summed E-state index contributed by atoms with van der Waals surface area (Å²) in [4.78, 5) is 23.1. The number of nitro groups is 1. The highest BCUT2D eigenvalue weighted by Crippen LogP contribution is 2.28. The minimum absolute atomic E-state index is 0.0515. The standard InChI is InChI=1S/C24H21N7O3S/c1-25-20-13-12-17(14-21(20)31(33)34)15-26-27-22(32)16-35-24-29-28-23(18-8-4-2-5-9-18)30(24)19-10-6-3-7-11-19/h2-15,25H,16H2,1H3,(H,27,32)/b26-15+. The van der Waals surface area contributed by atoms with Crippen LogP contribution in [0.2, 0.25) is 0 Å². The average molecular weight is 488 g/mol. The third kappa shape index (κ3) is 5.71. The Bertz CT molecular complexity index is 1360. The Labute approximate surface area is 205 Å². The summed E-state index contributed by atoms with van der Waals surface area (Å²) in [7, 11) is 1.61. The number of hydrogen-bond donors (Lipinski definition) is 2. The molecule has 35 heavy (non-hydrogen) atoms. The molecule has 0 fully saturated rings. The lowest BCUT2D eigenvalue weighted by molar-refractivity contribution is -0.383. The minimum atomic E-state index is -0.481. The van der Waals surface area contributed by atoms with Crippen molar-refractivity contribution >= 4 is 35.3 Å². The topological polar surface area (TPSA) is 127 Å². The van der Waals surface area contributed by atoms with Crippen molar-refractivity contribution in [1.29, 1.82) is 0 Å². The van der Waals surface area contributed by atoms with Gasteiger partial charge in [0.15, 0.2) is 11.0 Å². The van der Waals surface area contributed by atoms with Crippen LogP contribution in [0.4, 0.5) is 11.4 Å². The second-order valence-electron chi connectivity index (χ2n) is 7.21. The number of aromatic nitrogens is 3. The molecule has 1 amide bonds. The van der Waals surface area contributed by atoms with Gasteiger partial charge in [-0.2, -0.15) is 5.10 Å². The number of rotatable bonds is 9. The molecular weight excluding hydrogens is 466 g/mol. The van der Waals surface area contributed by atoms with Gasteiger partial charge in [0.25, 0.3) is 11.6 Å². The van der Waals surface area contributed by atoms with Crippen LogP contribution in [0.3, 0.4) is 0 Å². The van der Waals surface area contributed by atoms with Gasteiger partial charge in [0.05, 0.1) is 16.9 Å². The Morgan fingerprint density at radius 2 is 1.80 bits per heavy atom. The molecule has 10 nitrogen and oxygen atoms in total. The van der Waals surface area contributed by atoms with Crippen molar-refractivity contribution in [2.24, 2.45) is 5.10 Å². The van der Waals surface area contributed by atoms with Crippen LogP contribution in [0.15, 0.2) is 89.1 Å². The number of amides is 1. The van der Waals surface area contributed by atoms with E-state index in [0.717, 1.165) is 11.3 Å². The molecule has 0 aliphatic carbocycles. The van der Waals surface area contributed by atoms with Gasteiger partial charge in [-0.3, -0.25) is 19.5 Å². The molecule has 0 atom stereocenters. The number of thioether (sulfide) groups is 1. The zero-order valence-electron chi connectivity index (χ0n) is 18.7. The van der Waals surface area contributed by atoms with Crippen molar-refractivity contribution < 1.29 is 9.72 Å². The van der Waals surface area contributed by atoms with Crippen LogP contribution in [-0.4, -0.2) is 44.6 Å². The van der Waals surface area contributed by atoms with Gasteiger partial charge in [-0.15, -0.1) is 10.2 Å². The van der Waals surface area contributed by atoms with Crippen molar-refractivity contribution in [3.63, 3.8) is 0 Å². The molecule has 0 spiro atoms. The van der Waals surface area contributed by atoms with Crippen LogP contribution in [-0.2, 0) is 4.79 Å². The van der Waals surface area contributed by atoms with Crippen molar-refractivity contribution in [2.45, 2.75) is 5.16 Å². The molecule has 4 rings (SSSR count). The number of para-hydroxylation sites is 1. The normalized spacial score (nSPS) is 10.9. The first-order valence-electron chi connectivity index (χ1n) is 10.5. The van der Waals surface area contributed by atoms with Crippen molar-refractivity contribution in [1.82, 2.24) is 20.2 Å². The quantitative estimate of drug-likeness (QED) is 0.157. The molecule has 0 saturated heterocycles. The molecule has 1 aromatic heterocycles. The summed E-state index contributed by atoms with van der Waals surface area (Å²) in [6.45, 7) is 0. The van der Waals surface area contributed by atoms with Crippen LogP contribution in [0.25, 0.3) is 17.1 Å². The van der Waals surface area contributed by atoms with Gasteiger partial charge in [0.1, 0.15) is 5.69 Å². The molecule has 0 bridgehead atoms. The predicted molar refractivity (Wildman–Crippen MR) is 136 cm³/mol. The highest BCUT2D eigenvalue weighted by atomic mass is 32.2. The second-order valence-corrected chi connectivity index (χ2v) is 8.15. The molecule has 0 unspecified atom stereocenters. The zero-order chi connectivity index (χ0) is 24.6. The van der Waals surface area contributed by atoms with E-state index in [4.69, 9.17) is 0 Å². The average Bonchev–Trinajstić information content (AvgIpc) is 3.32. The van der Waals surface area contributed by atoms with Crippen molar-refractivity contribution in [3.05, 3.63) is 94.5 Å². The molecule has 11 heteroatoms. The van der Waals surface area contributed by atoms with E-state index in [0.29, 0.717) is 22.2 Å². The van der Waals surface area contributed by atoms with Gasteiger partial charge in [-0.1, -0.05) is 66.4 Å². The maximum atomic E-state index is 12.4. The molecule has 0 radical (unpaired) electrons. The number of carbonyl (C=O) groups is 1. The summed E-state index contributed by atoms with van der Waals surface area (Å²) < 4.78 is 1.90. The fourth-order valence-corrected chi connectivity index (χ4v) is 4.02. The highest BCUT2D eigenvalue weighted by molar-refractivity contribution is 7.99. The van der Waals surface area contributed by atoms with Gasteiger partial charge in [-0.25, -0.2) is 5.43 Å². The third-order valence-corrected chi connectivity index (χ3v) is 5.83. The maximum Gasteiger partial charge on any atom is 0.292 e. The summed E-state index contributed by atoms with van der Waals surface area (Å²) in [6, 6.07) is 24.0. The highest BCUT2D eigenvalue weighted by Gasteiger charge is 2.17. The van der Waals surface area contributed by atoms with E-state index in [1.54, 1.807) is 19.2 Å². The monoisotopic (exact) mass is 487 g/mol. The number of nitrogens with one attached hydrogen (secondary N) is 2. The molecule has 3 aromatic carbocycles. The number of benzene rings is 3. The van der Waals surface area contributed by atoms with Gasteiger partial charge in [0, 0.05) is 29.9 Å². The fourth-order valence-electron chi connectivity index (χ4n) is 3.28. The van der Waals surface area contributed by atoms with E-state index >= 15 is 0 Å². The Hall–Kier alpha value is -4.51. The molecular formula is C24H21N7O3S. The lowest BCUT2D eigenvalue weighted by Crippen LogP contribution is -2.20. The fraction of sp³-hybridized carbons (Fsp3) is 0.0833. The number of nitrogens with zero attached hydrogens (tertiary/aromatic N) is 5. The van der Waals surface area contributed by atoms with Crippen LogP contribution in [0.1, 0.15) is 5.56 Å². The molecule has 0 aliphatic heterocycles. The zero-order valence-corrected chi connectivity index (χ0v) is 19.5. The lowest BCUT2D eigenvalue weighted by Gasteiger charge is -2.10. The molecule has 4 aromatic rings. The van der Waals surface area contributed by atoms with Crippen molar-refractivity contribution in [3.8, 4) is 17.1 Å². The smallest absolute Gasteiger partial charge is 0.292 e. The van der Waals surface area contributed by atoms with E-state index in [2.05, 4.69) is 26.0 Å². The van der Waals surface area contributed by atoms with Gasteiger partial charge < -0.3 is 5.32 Å². The first-order valence-corrected chi connectivity index (χ1v) is 11.5. The van der Waals surface area contributed by atoms with Crippen LogP contribution < -0.4 is 10.7 Å². The summed E-state index contributed by atoms with van der Waals surface area (Å²) in [5, 5.41) is 27.1. The number of carbonyl (C=O) groups excluding carboxylic acids is 1. The predicted octanol–water partition coefficient (Wildman–Crippen LogP) is 4.13. The largest absolute Gasteiger partial charge is 0.383 e. The molecule has 176 valence electrons. The third-order valence-electron chi connectivity index (χ3n) is 4.90. The summed E-state index contributed by atoms with van der Waals surface area (Å²) in [5.41, 5.74) is 5.03. The van der Waals surface area contributed by atoms with Gasteiger partial charge >= 0.3 is 0 Å². The SMILES string of the molecule is CNc1ccc(/C=N/NC(=O)CSc2nnc(-c3ccccc3)n2-c2ccccc2)cc1[N+](=O)[O-]. The van der Waals surface area contributed by atoms with E-state index in [-0.39, 0.29) is 17.3 Å². The summed E-state index contributed by atoms with van der Waals surface area (Å²) in [6.07, 6.45) is 1.36. The van der Waals surface area contributed by atoms with E-state index in [1.807, 2.05) is 65.2 Å². The molecule has 1 heterocycles. The van der Waals surface area contributed by atoms with E-state index in [9.17, 15) is 14.9 Å². The Balaban J connectivity index is 1.45. The number of nitro benzene ring substituents is 1. The molecule has 2 N–H and O–H groups in total. The van der Waals surface area contributed by atoms with Gasteiger partial charge in [0.2, 0.25) is 0 Å². The molecule has 0 aliphatic rings. The number of anilines is 1. The van der Waals surface area contributed by atoms with Crippen LogP contribution in [0, 0.1) is 10.1 Å². The summed E-state index contributed by atoms with van der Waals surface area (Å²) >= 11 is 1.23. The second kappa shape index (κ2) is 11.1. The van der Waals surface area contributed by atoms with E-state index < -0.39 is 4.92 Å². The Morgan fingerprint density at radius 3 is 2.49 bits per heavy atom. The van der Waals surface area contributed by atoms with Gasteiger partial charge in [-0.05, 0) is 18.2 Å². The Morgan fingerprint density at radius 1 is 1.09 bits per heavy atom. The van der Waals surface area contributed by atoms with Crippen LogP contribution in [0.5, 0.6) is 0 Å².